The van der Waals surface area contributed by atoms with Crippen LogP contribution in [0.2, 0.25) is 0 Å². The first-order chi connectivity index (χ1) is 6.20. The minimum Gasteiger partial charge on any atom is -0.457 e. The van der Waals surface area contributed by atoms with Crippen LogP contribution in [-0.2, 0) is 14.3 Å². The van der Waals surface area contributed by atoms with Crippen molar-refractivity contribution in [3.63, 3.8) is 0 Å². The summed E-state index contributed by atoms with van der Waals surface area (Å²) >= 11 is 0. The Kier molecular flexibility index (Phi) is 2.67. The Labute approximate surface area is 84.3 Å². The predicted molar refractivity (Wildman–Crippen MR) is 53.3 cm³/mol. The summed E-state index contributed by atoms with van der Waals surface area (Å²) in [5, 5.41) is 0. The smallest absolute Gasteiger partial charge is 0.358 e. The molecular weight excluding hydrogens is 182 g/mol. The molecule has 0 N–H and O–H groups in total. The summed E-state index contributed by atoms with van der Waals surface area (Å²) in [6.45, 7) is 9.14. The van der Waals surface area contributed by atoms with Crippen LogP contribution in [-0.4, -0.2) is 29.6 Å². The van der Waals surface area contributed by atoms with Gasteiger partial charge in [-0.2, -0.15) is 0 Å². The van der Waals surface area contributed by atoms with Gasteiger partial charge in [0.1, 0.15) is 11.2 Å². The fourth-order valence-electron chi connectivity index (χ4n) is 1.06. The van der Waals surface area contributed by atoms with Gasteiger partial charge in [0.05, 0.1) is 0 Å². The van der Waals surface area contributed by atoms with Gasteiger partial charge in [-0.15, -0.1) is 0 Å². The van der Waals surface area contributed by atoms with Crippen molar-refractivity contribution in [3.8, 4) is 0 Å². The van der Waals surface area contributed by atoms with Gasteiger partial charge < -0.3 is 9.47 Å². The van der Waals surface area contributed by atoms with Gasteiger partial charge >= 0.3 is 5.97 Å². The third kappa shape index (κ3) is 3.10. The van der Waals surface area contributed by atoms with Crippen molar-refractivity contribution in [2.45, 2.75) is 52.0 Å². The quantitative estimate of drug-likeness (QED) is 0.602. The third-order valence-corrected chi connectivity index (χ3v) is 1.54. The van der Waals surface area contributed by atoms with E-state index in [0.717, 1.165) is 0 Å². The van der Waals surface area contributed by atoms with Gasteiger partial charge in [0, 0.05) is 6.21 Å². The fraction of sp³-hybridized carbons (Fsp3) is 0.800. The van der Waals surface area contributed by atoms with Crippen molar-refractivity contribution in [2.24, 2.45) is 4.99 Å². The number of aliphatic imine (C=N–C) groups is 1. The first-order valence-electron chi connectivity index (χ1n) is 4.65. The maximum atomic E-state index is 11.5. The Hall–Kier alpha value is -0.900. The Balaban J connectivity index is 2.54. The molecule has 1 aliphatic rings. The average Bonchev–Trinajstić information content (AvgIpc) is 2.26. The van der Waals surface area contributed by atoms with Crippen LogP contribution < -0.4 is 0 Å². The van der Waals surface area contributed by atoms with Crippen LogP contribution in [0.4, 0.5) is 0 Å². The highest BCUT2D eigenvalue weighted by Gasteiger charge is 2.34. The lowest BCUT2D eigenvalue weighted by molar-refractivity contribution is -0.170. The van der Waals surface area contributed by atoms with E-state index in [4.69, 9.17) is 9.47 Å². The van der Waals surface area contributed by atoms with E-state index in [9.17, 15) is 4.79 Å². The number of hydrogen-bond acceptors (Lipinski definition) is 4. The first-order valence-corrected chi connectivity index (χ1v) is 4.65. The second kappa shape index (κ2) is 3.35. The van der Waals surface area contributed by atoms with Crippen molar-refractivity contribution in [1.82, 2.24) is 0 Å². The molecule has 0 bridgehead atoms. The molecule has 1 aliphatic heterocycles. The molecule has 0 amide bonds. The van der Waals surface area contributed by atoms with E-state index < -0.39 is 23.4 Å². The van der Waals surface area contributed by atoms with Crippen LogP contribution in [0.3, 0.4) is 0 Å². The van der Waals surface area contributed by atoms with E-state index in [1.54, 1.807) is 6.21 Å². The molecule has 0 aromatic heterocycles. The van der Waals surface area contributed by atoms with Crippen LogP contribution in [0, 0.1) is 0 Å². The first kappa shape index (κ1) is 11.2. The maximum absolute atomic E-state index is 11.5. The van der Waals surface area contributed by atoms with E-state index in [1.165, 1.54) is 0 Å². The van der Waals surface area contributed by atoms with Crippen molar-refractivity contribution in [1.29, 1.82) is 0 Å². The molecule has 0 aliphatic carbocycles. The van der Waals surface area contributed by atoms with Gasteiger partial charge in [0.2, 0.25) is 6.23 Å². The molecule has 0 radical (unpaired) electrons. The molecule has 1 heterocycles. The van der Waals surface area contributed by atoms with Gasteiger partial charge in [-0.25, -0.2) is 4.79 Å². The zero-order valence-electron chi connectivity index (χ0n) is 9.33. The minimum absolute atomic E-state index is 0.431. The van der Waals surface area contributed by atoms with Crippen molar-refractivity contribution >= 4 is 12.2 Å². The van der Waals surface area contributed by atoms with Gasteiger partial charge in [-0.3, -0.25) is 4.99 Å². The number of esters is 1. The zero-order chi connectivity index (χ0) is 11.0. The number of carbonyl (C=O) groups excluding carboxylic acids is 1. The highest BCUT2D eigenvalue weighted by atomic mass is 16.6. The van der Waals surface area contributed by atoms with Crippen LogP contribution in [0.15, 0.2) is 4.99 Å². The van der Waals surface area contributed by atoms with Crippen molar-refractivity contribution in [3.05, 3.63) is 0 Å². The molecule has 80 valence electrons. The van der Waals surface area contributed by atoms with Crippen LogP contribution in [0.25, 0.3) is 0 Å². The number of hydrogen-bond donors (Lipinski definition) is 0. The Morgan fingerprint density at radius 3 is 2.43 bits per heavy atom. The molecule has 1 rings (SSSR count). The second-order valence-corrected chi connectivity index (χ2v) is 4.89. The van der Waals surface area contributed by atoms with Gasteiger partial charge in [0.25, 0.3) is 0 Å². The molecule has 14 heavy (non-hydrogen) atoms. The highest BCUT2D eigenvalue weighted by molar-refractivity contribution is 5.81. The molecule has 0 aromatic carbocycles. The Bertz CT molecular complexity index is 263. The number of ether oxygens (including phenoxy) is 2. The molecule has 0 saturated carbocycles. The summed E-state index contributed by atoms with van der Waals surface area (Å²) in [5.41, 5.74) is -0.968. The van der Waals surface area contributed by atoms with E-state index in [-0.39, 0.29) is 0 Å². The fourth-order valence-corrected chi connectivity index (χ4v) is 1.06. The summed E-state index contributed by atoms with van der Waals surface area (Å²) in [6.07, 6.45) is 0.825. The zero-order valence-corrected chi connectivity index (χ0v) is 9.33. The lowest BCUT2D eigenvalue weighted by Gasteiger charge is -2.22. The number of nitrogens with zero attached hydrogens (tertiary/aromatic N) is 1. The number of carbonyl (C=O) groups is 1. The van der Waals surface area contributed by atoms with Crippen LogP contribution >= 0.6 is 0 Å². The average molecular weight is 199 g/mol. The second-order valence-electron chi connectivity index (χ2n) is 4.89. The van der Waals surface area contributed by atoms with Crippen molar-refractivity contribution < 1.29 is 14.3 Å². The summed E-state index contributed by atoms with van der Waals surface area (Å²) in [4.78, 5) is 15.4. The van der Waals surface area contributed by atoms with Crippen LogP contribution in [0.1, 0.15) is 34.6 Å². The summed E-state index contributed by atoms with van der Waals surface area (Å²) < 4.78 is 10.5. The monoisotopic (exact) mass is 199 g/mol. The van der Waals surface area contributed by atoms with Gasteiger partial charge in [-0.1, -0.05) is 0 Å². The number of rotatable bonds is 1. The van der Waals surface area contributed by atoms with E-state index in [2.05, 4.69) is 4.99 Å². The molecule has 1 unspecified atom stereocenters. The van der Waals surface area contributed by atoms with E-state index in [0.29, 0.717) is 0 Å². The largest absolute Gasteiger partial charge is 0.457 e. The topological polar surface area (TPSA) is 47.9 Å². The Morgan fingerprint density at radius 1 is 1.50 bits per heavy atom. The molecule has 0 aromatic rings. The third-order valence-electron chi connectivity index (χ3n) is 1.54. The summed E-state index contributed by atoms with van der Waals surface area (Å²) in [6, 6.07) is 0. The van der Waals surface area contributed by atoms with Crippen LogP contribution in [0.5, 0.6) is 0 Å². The predicted octanol–water partition coefficient (Wildman–Crippen LogP) is 1.53. The maximum Gasteiger partial charge on any atom is 0.358 e. The molecule has 1 atom stereocenters. The van der Waals surface area contributed by atoms with E-state index in [1.807, 2.05) is 34.6 Å². The molecule has 4 nitrogen and oxygen atoms in total. The minimum atomic E-state index is -0.802. The van der Waals surface area contributed by atoms with Gasteiger partial charge in [0.15, 0.2) is 0 Å². The lowest BCUT2D eigenvalue weighted by atomic mass is 10.2. The highest BCUT2D eigenvalue weighted by Crippen LogP contribution is 2.20. The lowest BCUT2D eigenvalue weighted by Crippen LogP contribution is -2.34. The molecule has 0 spiro atoms. The Morgan fingerprint density at radius 2 is 2.07 bits per heavy atom. The summed E-state index contributed by atoms with van der Waals surface area (Å²) in [5.74, 6) is -0.431. The standard InChI is InChI=1S/C10H17NO3/c1-9(2,3)14-8(12)7-11-6-10(4,5)13-7/h6-7H,1-5H3. The SMILES string of the molecule is CC(C)(C)OC(=O)C1N=CC(C)(C)O1. The van der Waals surface area contributed by atoms with Gasteiger partial charge in [-0.05, 0) is 34.6 Å². The molecule has 4 heteroatoms. The molecule has 0 fully saturated rings. The summed E-state index contributed by atoms with van der Waals surface area (Å²) in [7, 11) is 0. The van der Waals surface area contributed by atoms with E-state index >= 15 is 0 Å². The molecular formula is C10H17NO3. The molecule has 0 saturated heterocycles. The van der Waals surface area contributed by atoms with Crippen molar-refractivity contribution in [2.75, 3.05) is 0 Å². The normalized spacial score (nSPS) is 25.1.